The van der Waals surface area contributed by atoms with Crippen LogP contribution in [0.4, 0.5) is 4.79 Å². The minimum atomic E-state index is -2.27. The van der Waals surface area contributed by atoms with Gasteiger partial charge in [0.2, 0.25) is 0 Å². The molecule has 13 atom stereocenters. The van der Waals surface area contributed by atoms with E-state index in [1.165, 1.54) is 19.1 Å². The van der Waals surface area contributed by atoms with Gasteiger partial charge in [-0.1, -0.05) is 45.9 Å². The molecule has 16 nitrogen and oxygen atoms in total. The number of fused-ring (bicyclic) bond motifs is 1. The normalized spacial score (nSPS) is 38.0. The quantitative estimate of drug-likeness (QED) is 0.130. The van der Waals surface area contributed by atoms with Crippen LogP contribution in [0.2, 0.25) is 0 Å². The number of ether oxygens (including phenoxy) is 6. The van der Waals surface area contributed by atoms with Crippen molar-refractivity contribution in [3.63, 3.8) is 0 Å². The van der Waals surface area contributed by atoms with E-state index >= 15 is 0 Å². The van der Waals surface area contributed by atoms with Crippen LogP contribution < -0.4 is 5.32 Å². The predicted molar refractivity (Wildman–Crippen MR) is 206 cm³/mol. The summed E-state index contributed by atoms with van der Waals surface area (Å²) in [5.41, 5.74) is -9.62. The summed E-state index contributed by atoms with van der Waals surface area (Å²) in [7, 11) is 0. The van der Waals surface area contributed by atoms with Crippen molar-refractivity contribution in [2.45, 2.75) is 160 Å². The second-order valence-electron chi connectivity index (χ2n) is 18.9. The number of rotatable bonds is 10. The van der Waals surface area contributed by atoms with Crippen LogP contribution in [0.5, 0.6) is 0 Å². The SMILES string of the molecule is CC(=O)O[C@H]1C2=C(C)[C@@H](OC(=O)C(O)[C@H](CC(C)C)NC(=O)OC(C)(C)C)C[C@@]3(O)[C@@H](OC(=O)c4ccccc4)C4(C[C@@]23C)[C@@](C)([C@@H](O)C[C@H]2OC[C@]24OC(C)=O)[C@H]1O. The Bertz CT molecular complexity index is 1890. The first-order valence-electron chi connectivity index (χ1n) is 20.2. The molecule has 1 heterocycles. The van der Waals surface area contributed by atoms with Crippen LogP contribution in [0.25, 0.3) is 0 Å². The zero-order chi connectivity index (χ0) is 43.8. The molecule has 3 saturated carbocycles. The Morgan fingerprint density at radius 3 is 2.17 bits per heavy atom. The lowest BCUT2D eigenvalue weighted by atomic mass is 9.42. The molecule has 326 valence electrons. The maximum atomic E-state index is 14.3. The van der Waals surface area contributed by atoms with Crippen molar-refractivity contribution >= 4 is 30.0 Å². The fourth-order valence-electron chi connectivity index (χ4n) is 11.2. The number of alkyl carbamates (subject to hydrolysis) is 1. The lowest BCUT2D eigenvalue weighted by molar-refractivity contribution is -0.387. The number of hydrogen-bond acceptors (Lipinski definition) is 15. The van der Waals surface area contributed by atoms with E-state index in [-0.39, 0.29) is 48.5 Å². The van der Waals surface area contributed by atoms with Crippen molar-refractivity contribution in [2.24, 2.45) is 22.2 Å². The summed E-state index contributed by atoms with van der Waals surface area (Å²) in [6, 6.07) is 6.81. The maximum absolute atomic E-state index is 14.3. The first-order chi connectivity index (χ1) is 27.3. The van der Waals surface area contributed by atoms with E-state index in [0.29, 0.717) is 0 Å². The Hall–Kier alpha value is -4.09. The van der Waals surface area contributed by atoms with Crippen molar-refractivity contribution in [1.29, 1.82) is 0 Å². The van der Waals surface area contributed by atoms with Gasteiger partial charge in [-0.3, -0.25) is 9.59 Å². The first kappa shape index (κ1) is 44.5. The summed E-state index contributed by atoms with van der Waals surface area (Å²) in [4.78, 5) is 67.3. The molecule has 1 amide bonds. The zero-order valence-corrected chi connectivity index (χ0v) is 35.4. The third-order valence-electron chi connectivity index (χ3n) is 13.7. The molecule has 16 heteroatoms. The molecule has 4 aliphatic carbocycles. The minimum absolute atomic E-state index is 0.107. The van der Waals surface area contributed by atoms with E-state index in [2.05, 4.69) is 5.32 Å². The Labute approximate surface area is 343 Å². The van der Waals surface area contributed by atoms with Gasteiger partial charge in [0.25, 0.3) is 0 Å². The van der Waals surface area contributed by atoms with Gasteiger partial charge in [-0.2, -0.15) is 0 Å². The Morgan fingerprint density at radius 2 is 1.63 bits per heavy atom. The fourth-order valence-corrected chi connectivity index (χ4v) is 11.2. The number of hydrogen-bond donors (Lipinski definition) is 5. The fraction of sp³-hybridized carbons (Fsp3) is 0.698. The molecule has 1 saturated heterocycles. The molecule has 5 aliphatic rings. The van der Waals surface area contributed by atoms with Gasteiger partial charge in [0.15, 0.2) is 17.8 Å². The Balaban J connectivity index is 1.54. The topological polar surface area (TPSA) is 234 Å². The van der Waals surface area contributed by atoms with Gasteiger partial charge in [-0.15, -0.1) is 0 Å². The van der Waals surface area contributed by atoms with Crippen LogP contribution in [0.1, 0.15) is 105 Å². The minimum Gasteiger partial charge on any atom is -0.456 e. The standard InChI is InChI=1S/C43H59NO15/c1-21(2)16-26(44-37(52)59-38(6,7)8)31(48)35(51)56-27-18-42(53)36(57-34(50)25-14-12-11-13-15-25)41-19-39(42,9)30(22(27)3)32(55-23(4)45)33(49)40(41,10)28(47)17-29-43(41,20-54-29)58-24(5)46/h11-15,21,26-29,31-33,36,47-49,53H,16-20H2,1-10H3,(H,44,52)/t26-,27-,28-,29+,31?,32-,33-,36-,39-,40-,41?,42+,43-/m0/s1. The van der Waals surface area contributed by atoms with Gasteiger partial charge < -0.3 is 54.2 Å². The van der Waals surface area contributed by atoms with E-state index in [0.717, 1.165) is 6.92 Å². The summed E-state index contributed by atoms with van der Waals surface area (Å²) >= 11 is 0. The van der Waals surface area contributed by atoms with E-state index in [9.17, 15) is 44.4 Å². The molecule has 59 heavy (non-hydrogen) atoms. The summed E-state index contributed by atoms with van der Waals surface area (Å²) in [6.45, 7) is 15.5. The highest BCUT2D eigenvalue weighted by molar-refractivity contribution is 5.89. The molecule has 1 aliphatic heterocycles. The summed E-state index contributed by atoms with van der Waals surface area (Å²) in [5.74, 6) is -3.70. The van der Waals surface area contributed by atoms with Crippen LogP contribution in [0.15, 0.2) is 41.5 Å². The average Bonchev–Trinajstić information content (AvgIpc) is 3.28. The maximum Gasteiger partial charge on any atom is 0.407 e. The van der Waals surface area contributed by atoms with E-state index in [4.69, 9.17) is 28.4 Å². The Morgan fingerprint density at radius 1 is 0.983 bits per heavy atom. The second kappa shape index (κ2) is 15.1. The largest absolute Gasteiger partial charge is 0.456 e. The molecule has 0 radical (unpaired) electrons. The predicted octanol–water partition coefficient (Wildman–Crippen LogP) is 3.05. The van der Waals surface area contributed by atoms with Gasteiger partial charge in [0, 0.05) is 37.5 Å². The summed E-state index contributed by atoms with van der Waals surface area (Å²) < 4.78 is 36.1. The summed E-state index contributed by atoms with van der Waals surface area (Å²) in [6.07, 6.45) is -12.3. The van der Waals surface area contributed by atoms with Crippen molar-refractivity contribution in [3.8, 4) is 0 Å². The van der Waals surface area contributed by atoms with Crippen molar-refractivity contribution < 1.29 is 72.8 Å². The smallest absolute Gasteiger partial charge is 0.407 e. The molecule has 1 aromatic carbocycles. The zero-order valence-electron chi connectivity index (χ0n) is 35.4. The lowest BCUT2D eigenvalue weighted by Crippen LogP contribution is -2.84. The van der Waals surface area contributed by atoms with Crippen LogP contribution in [0.3, 0.4) is 0 Å². The second-order valence-corrected chi connectivity index (χ2v) is 18.9. The highest BCUT2D eigenvalue weighted by Gasteiger charge is 2.90. The number of benzene rings is 1. The van der Waals surface area contributed by atoms with Gasteiger partial charge in [0.05, 0.1) is 29.7 Å². The van der Waals surface area contributed by atoms with Gasteiger partial charge >= 0.3 is 30.0 Å². The monoisotopic (exact) mass is 829 g/mol. The number of carbonyl (C=O) groups excluding carboxylic acids is 5. The molecule has 0 aromatic heterocycles. The lowest BCUT2D eigenvalue weighted by Gasteiger charge is -2.70. The first-order valence-corrected chi connectivity index (χ1v) is 20.2. The molecule has 4 fully saturated rings. The molecule has 1 spiro atoms. The molecule has 6 rings (SSSR count). The molecule has 1 aromatic rings. The average molecular weight is 830 g/mol. The van der Waals surface area contributed by atoms with Crippen LogP contribution in [0, 0.1) is 22.2 Å². The van der Waals surface area contributed by atoms with Crippen molar-refractivity contribution in [2.75, 3.05) is 6.61 Å². The number of carbonyl (C=O) groups is 5. The molecule has 2 unspecified atom stereocenters. The number of esters is 4. The molecule has 2 bridgehead atoms. The molecular formula is C43H59NO15. The van der Waals surface area contributed by atoms with Crippen molar-refractivity contribution in [1.82, 2.24) is 5.32 Å². The number of amides is 1. The number of aliphatic hydroxyl groups excluding tert-OH is 3. The third-order valence-corrected chi connectivity index (χ3v) is 13.7. The van der Waals surface area contributed by atoms with Crippen LogP contribution >= 0.6 is 0 Å². The summed E-state index contributed by atoms with van der Waals surface area (Å²) in [5, 5.41) is 52.8. The third kappa shape index (κ3) is 6.82. The van der Waals surface area contributed by atoms with Crippen molar-refractivity contribution in [3.05, 3.63) is 47.0 Å². The van der Waals surface area contributed by atoms with E-state index in [1.54, 1.807) is 59.7 Å². The van der Waals surface area contributed by atoms with Gasteiger partial charge in [-0.25, -0.2) is 14.4 Å². The van der Waals surface area contributed by atoms with Gasteiger partial charge in [-0.05, 0) is 69.7 Å². The molecular weight excluding hydrogens is 770 g/mol. The van der Waals surface area contributed by atoms with E-state index < -0.39 is 118 Å². The van der Waals surface area contributed by atoms with Gasteiger partial charge in [0.1, 0.15) is 35.6 Å². The van der Waals surface area contributed by atoms with E-state index in [1.807, 2.05) is 13.8 Å². The highest BCUT2D eigenvalue weighted by atomic mass is 16.6. The van der Waals surface area contributed by atoms with Crippen LogP contribution in [-0.2, 0) is 42.8 Å². The van der Waals surface area contributed by atoms with Crippen LogP contribution in [-0.4, -0.2) is 123 Å². The highest BCUT2D eigenvalue weighted by Crippen LogP contribution is 2.79. The molecule has 5 N–H and O–H groups in total. The number of nitrogens with one attached hydrogen (secondary N) is 1. The Kier molecular flexibility index (Phi) is 11.4. The number of aliphatic hydroxyl groups is 4.